The Kier molecular flexibility index (Phi) is 6.19. The molecule has 1 heterocycles. The summed E-state index contributed by atoms with van der Waals surface area (Å²) in [7, 11) is 0. The zero-order valence-corrected chi connectivity index (χ0v) is 18.2. The van der Waals surface area contributed by atoms with Gasteiger partial charge in [-0.3, -0.25) is 4.57 Å². The van der Waals surface area contributed by atoms with E-state index in [1.807, 2.05) is 18.2 Å². The van der Waals surface area contributed by atoms with E-state index in [-0.39, 0.29) is 0 Å². The molecule has 4 rings (SSSR count). The van der Waals surface area contributed by atoms with E-state index in [4.69, 9.17) is 4.74 Å². The number of allylic oxidation sites excluding steroid dienone is 1. The van der Waals surface area contributed by atoms with Crippen LogP contribution in [0.1, 0.15) is 22.5 Å². The smallest absolute Gasteiger partial charge is 0.191 e. The maximum Gasteiger partial charge on any atom is 0.191 e. The molecule has 0 unspecified atom stereocenters. The van der Waals surface area contributed by atoms with Crippen molar-refractivity contribution in [3.63, 3.8) is 0 Å². The van der Waals surface area contributed by atoms with Crippen LogP contribution in [0.15, 0.2) is 78.5 Å². The van der Waals surface area contributed by atoms with E-state index in [1.54, 1.807) is 11.8 Å². The number of benzene rings is 3. The summed E-state index contributed by atoms with van der Waals surface area (Å²) in [6, 6.07) is 21.1. The molecule has 0 fully saturated rings. The lowest BCUT2D eigenvalue weighted by Crippen LogP contribution is -2.07. The highest BCUT2D eigenvalue weighted by molar-refractivity contribution is 7.98. The fraction of sp³-hybridized carbons (Fsp3) is 0.200. The molecular formula is C25H25N3OS. The van der Waals surface area contributed by atoms with Crippen molar-refractivity contribution in [2.24, 2.45) is 0 Å². The van der Waals surface area contributed by atoms with Gasteiger partial charge in [0.1, 0.15) is 12.4 Å². The lowest BCUT2D eigenvalue weighted by Gasteiger charge is -2.11. The number of rotatable bonds is 8. The predicted molar refractivity (Wildman–Crippen MR) is 124 cm³/mol. The predicted octanol–water partition coefficient (Wildman–Crippen LogP) is 6.11. The average Bonchev–Trinajstić information content (AvgIpc) is 3.12. The van der Waals surface area contributed by atoms with E-state index in [1.165, 1.54) is 27.5 Å². The molecule has 0 atom stereocenters. The summed E-state index contributed by atoms with van der Waals surface area (Å²) in [5, 5.41) is 12.2. The summed E-state index contributed by atoms with van der Waals surface area (Å²) >= 11 is 1.69. The minimum absolute atomic E-state index is 0.374. The van der Waals surface area contributed by atoms with Crippen molar-refractivity contribution in [1.29, 1.82) is 0 Å². The Bertz CT molecular complexity index is 1160. The molecule has 30 heavy (non-hydrogen) atoms. The zero-order chi connectivity index (χ0) is 20.9. The number of aromatic nitrogens is 3. The lowest BCUT2D eigenvalue weighted by molar-refractivity contribution is 0.289. The molecule has 0 saturated carbocycles. The number of fused-ring (bicyclic) bond motifs is 1. The van der Waals surface area contributed by atoms with Crippen LogP contribution in [-0.2, 0) is 18.9 Å². The third-order valence-electron chi connectivity index (χ3n) is 4.90. The van der Waals surface area contributed by atoms with Crippen LogP contribution in [0, 0.1) is 13.8 Å². The molecule has 0 amide bonds. The first kappa shape index (κ1) is 20.2. The maximum absolute atomic E-state index is 6.01. The molecule has 4 aromatic rings. The van der Waals surface area contributed by atoms with Gasteiger partial charge in [0.05, 0.1) is 0 Å². The van der Waals surface area contributed by atoms with E-state index >= 15 is 0 Å². The van der Waals surface area contributed by atoms with Gasteiger partial charge in [-0.25, -0.2) is 0 Å². The number of hydrogen-bond acceptors (Lipinski definition) is 4. The fourth-order valence-corrected chi connectivity index (χ4v) is 4.54. The van der Waals surface area contributed by atoms with E-state index in [2.05, 4.69) is 83.7 Å². The van der Waals surface area contributed by atoms with Crippen LogP contribution in [0.3, 0.4) is 0 Å². The minimum atomic E-state index is 0.374. The Morgan fingerprint density at radius 2 is 1.77 bits per heavy atom. The second-order valence-electron chi connectivity index (χ2n) is 7.34. The van der Waals surface area contributed by atoms with Crippen LogP contribution in [0.5, 0.6) is 5.75 Å². The Balaban J connectivity index is 1.51. The van der Waals surface area contributed by atoms with Crippen molar-refractivity contribution >= 4 is 22.5 Å². The second-order valence-corrected chi connectivity index (χ2v) is 8.28. The standard InChI is InChI=1S/C25H25N3OS/c1-4-12-28-24(16-29-22-14-18(2)13-19(3)15-22)26-27-25(28)30-17-21-10-7-9-20-8-5-6-11-23(20)21/h4-11,13-15H,1,12,16-17H2,2-3H3. The van der Waals surface area contributed by atoms with Gasteiger partial charge in [0.2, 0.25) is 0 Å². The van der Waals surface area contributed by atoms with Gasteiger partial charge < -0.3 is 4.74 Å². The van der Waals surface area contributed by atoms with Crippen molar-refractivity contribution in [1.82, 2.24) is 14.8 Å². The molecule has 0 bridgehead atoms. The van der Waals surface area contributed by atoms with Gasteiger partial charge in [0.25, 0.3) is 0 Å². The highest BCUT2D eigenvalue weighted by atomic mass is 32.2. The second kappa shape index (κ2) is 9.18. The van der Waals surface area contributed by atoms with E-state index < -0.39 is 0 Å². The van der Waals surface area contributed by atoms with E-state index in [9.17, 15) is 0 Å². The first-order valence-corrected chi connectivity index (χ1v) is 11.0. The zero-order valence-electron chi connectivity index (χ0n) is 17.3. The molecule has 0 aliphatic carbocycles. The van der Waals surface area contributed by atoms with Crippen molar-refractivity contribution in [2.75, 3.05) is 0 Å². The molecule has 4 nitrogen and oxygen atoms in total. The SMILES string of the molecule is C=CCn1c(COc2cc(C)cc(C)c2)nnc1SCc1cccc2ccccc12. The van der Waals surface area contributed by atoms with Gasteiger partial charge >= 0.3 is 0 Å². The molecule has 1 aromatic heterocycles. The minimum Gasteiger partial charge on any atom is -0.486 e. The summed E-state index contributed by atoms with van der Waals surface area (Å²) in [4.78, 5) is 0. The largest absolute Gasteiger partial charge is 0.486 e. The normalized spacial score (nSPS) is 11.0. The van der Waals surface area contributed by atoms with Crippen LogP contribution < -0.4 is 4.74 Å². The number of nitrogens with zero attached hydrogens (tertiary/aromatic N) is 3. The number of ether oxygens (including phenoxy) is 1. The molecule has 0 aliphatic rings. The molecule has 0 N–H and O–H groups in total. The van der Waals surface area contributed by atoms with Crippen LogP contribution in [0.2, 0.25) is 0 Å². The van der Waals surface area contributed by atoms with Crippen LogP contribution in [0.25, 0.3) is 10.8 Å². The molecule has 152 valence electrons. The molecule has 3 aromatic carbocycles. The first-order chi connectivity index (χ1) is 14.6. The summed E-state index contributed by atoms with van der Waals surface area (Å²) in [6.45, 7) is 9.06. The van der Waals surface area contributed by atoms with Crippen molar-refractivity contribution in [3.05, 3.63) is 95.8 Å². The third-order valence-corrected chi connectivity index (χ3v) is 5.92. The van der Waals surface area contributed by atoms with E-state index in [0.717, 1.165) is 22.5 Å². The van der Waals surface area contributed by atoms with E-state index in [0.29, 0.717) is 13.2 Å². The highest BCUT2D eigenvalue weighted by Gasteiger charge is 2.13. The Labute approximate surface area is 181 Å². The topological polar surface area (TPSA) is 39.9 Å². The first-order valence-electron chi connectivity index (χ1n) is 9.97. The lowest BCUT2D eigenvalue weighted by atomic mass is 10.1. The van der Waals surface area contributed by atoms with Gasteiger partial charge in [0, 0.05) is 12.3 Å². The summed E-state index contributed by atoms with van der Waals surface area (Å²) < 4.78 is 8.08. The van der Waals surface area contributed by atoms with Crippen LogP contribution in [0.4, 0.5) is 0 Å². The van der Waals surface area contributed by atoms with Gasteiger partial charge in [-0.05, 0) is 53.4 Å². The number of aryl methyl sites for hydroxylation is 2. The molecule has 0 aliphatic heterocycles. The van der Waals surface area contributed by atoms with Gasteiger partial charge in [0.15, 0.2) is 11.0 Å². The monoisotopic (exact) mass is 415 g/mol. The van der Waals surface area contributed by atoms with Crippen LogP contribution in [-0.4, -0.2) is 14.8 Å². The Morgan fingerprint density at radius 1 is 1.00 bits per heavy atom. The number of thioether (sulfide) groups is 1. The van der Waals surface area contributed by atoms with Crippen LogP contribution >= 0.6 is 11.8 Å². The maximum atomic E-state index is 6.01. The van der Waals surface area contributed by atoms with Crippen molar-refractivity contribution < 1.29 is 4.74 Å². The molecule has 0 saturated heterocycles. The Morgan fingerprint density at radius 3 is 2.57 bits per heavy atom. The molecular weight excluding hydrogens is 390 g/mol. The van der Waals surface area contributed by atoms with Crippen molar-refractivity contribution in [3.8, 4) is 5.75 Å². The van der Waals surface area contributed by atoms with Gasteiger partial charge in [-0.15, -0.1) is 16.8 Å². The average molecular weight is 416 g/mol. The molecule has 0 radical (unpaired) electrons. The quantitative estimate of drug-likeness (QED) is 0.257. The Hall–Kier alpha value is -3.05. The molecule has 0 spiro atoms. The summed E-state index contributed by atoms with van der Waals surface area (Å²) in [5.41, 5.74) is 3.66. The summed E-state index contributed by atoms with van der Waals surface area (Å²) in [6.07, 6.45) is 1.87. The van der Waals surface area contributed by atoms with Crippen molar-refractivity contribution in [2.45, 2.75) is 37.9 Å². The van der Waals surface area contributed by atoms with Gasteiger partial charge in [-0.2, -0.15) is 0 Å². The number of hydrogen-bond donors (Lipinski definition) is 0. The summed E-state index contributed by atoms with van der Waals surface area (Å²) in [5.74, 6) is 2.48. The molecule has 5 heteroatoms. The fourth-order valence-electron chi connectivity index (χ4n) is 3.57. The van der Waals surface area contributed by atoms with Gasteiger partial charge in [-0.1, -0.05) is 66.4 Å². The third kappa shape index (κ3) is 4.57. The highest BCUT2D eigenvalue weighted by Crippen LogP contribution is 2.27.